The molecule has 1 atom stereocenters. The lowest BCUT2D eigenvalue weighted by Crippen LogP contribution is -2.30. The minimum atomic E-state index is -4.29. The van der Waals surface area contributed by atoms with Crippen molar-refractivity contribution >= 4 is 0 Å². The predicted octanol–water partition coefficient (Wildman–Crippen LogP) is 4.14. The summed E-state index contributed by atoms with van der Waals surface area (Å²) in [7, 11) is 0. The predicted molar refractivity (Wildman–Crippen MR) is 72.8 cm³/mol. The molecule has 1 unspecified atom stereocenters. The smallest absolute Gasteiger partial charge is 0.372 e. The van der Waals surface area contributed by atoms with Gasteiger partial charge in [-0.1, -0.05) is 24.3 Å². The number of ether oxygens (including phenoxy) is 1. The Morgan fingerprint density at radius 3 is 2.76 bits per heavy atom. The second-order valence-electron chi connectivity index (χ2n) is 5.48. The topological polar surface area (TPSA) is 33.0 Å². The summed E-state index contributed by atoms with van der Waals surface area (Å²) < 4.78 is 40.6. The third-order valence-corrected chi connectivity index (χ3v) is 3.95. The molecule has 5 heteroatoms. The van der Waals surface area contributed by atoms with Crippen molar-refractivity contribution in [2.75, 3.05) is 13.2 Å². The van der Waals surface area contributed by atoms with Gasteiger partial charge in [-0.15, -0.1) is 0 Å². The molecule has 114 valence electrons. The molecular formula is C16H18F3NO. The van der Waals surface area contributed by atoms with Crippen molar-refractivity contribution < 1.29 is 17.9 Å². The molecule has 21 heavy (non-hydrogen) atoms. The van der Waals surface area contributed by atoms with E-state index in [0.717, 1.165) is 24.8 Å². The first-order valence-corrected chi connectivity index (χ1v) is 7.11. The highest BCUT2D eigenvalue weighted by molar-refractivity contribution is 5.41. The van der Waals surface area contributed by atoms with Crippen molar-refractivity contribution in [1.29, 1.82) is 5.26 Å². The van der Waals surface area contributed by atoms with Crippen LogP contribution in [-0.2, 0) is 16.6 Å². The Kier molecular flexibility index (Phi) is 4.89. The molecule has 0 heterocycles. The second-order valence-corrected chi connectivity index (χ2v) is 5.48. The fourth-order valence-corrected chi connectivity index (χ4v) is 3.02. The molecule has 0 aromatic heterocycles. The van der Waals surface area contributed by atoms with Gasteiger partial charge in [-0.2, -0.15) is 18.4 Å². The number of aryl methyl sites for hydroxylation is 1. The summed E-state index contributed by atoms with van der Waals surface area (Å²) in [4.78, 5) is 0. The van der Waals surface area contributed by atoms with E-state index >= 15 is 0 Å². The zero-order chi connectivity index (χ0) is 15.3. The highest BCUT2D eigenvalue weighted by Gasteiger charge is 2.36. The standard InChI is InChI=1S/C16H18F3NO/c17-16(18,19)12-21-10-4-9-15(11-20)8-3-6-13-5-1-2-7-14(13)15/h1-2,5,7H,3-4,6,8-10,12H2. The number of alkyl halides is 3. The molecule has 1 aliphatic rings. The van der Waals surface area contributed by atoms with Crippen molar-refractivity contribution in [3.05, 3.63) is 35.4 Å². The van der Waals surface area contributed by atoms with E-state index < -0.39 is 18.2 Å². The van der Waals surface area contributed by atoms with Crippen molar-refractivity contribution in [2.24, 2.45) is 0 Å². The first kappa shape index (κ1) is 15.8. The van der Waals surface area contributed by atoms with Gasteiger partial charge in [-0.25, -0.2) is 0 Å². The molecule has 0 fully saturated rings. The monoisotopic (exact) mass is 297 g/mol. The zero-order valence-corrected chi connectivity index (χ0v) is 11.7. The van der Waals surface area contributed by atoms with Gasteiger partial charge in [0.1, 0.15) is 6.61 Å². The van der Waals surface area contributed by atoms with Crippen LogP contribution >= 0.6 is 0 Å². The van der Waals surface area contributed by atoms with Crippen molar-refractivity contribution in [3.63, 3.8) is 0 Å². The summed E-state index contributed by atoms with van der Waals surface area (Å²) >= 11 is 0. The lowest BCUT2D eigenvalue weighted by atomic mass is 9.68. The highest BCUT2D eigenvalue weighted by atomic mass is 19.4. The Morgan fingerprint density at radius 2 is 2.05 bits per heavy atom. The zero-order valence-electron chi connectivity index (χ0n) is 11.7. The van der Waals surface area contributed by atoms with E-state index in [0.29, 0.717) is 12.8 Å². The fraction of sp³-hybridized carbons (Fsp3) is 0.562. The van der Waals surface area contributed by atoms with Crippen LogP contribution < -0.4 is 0 Å². The van der Waals surface area contributed by atoms with Crippen molar-refractivity contribution in [3.8, 4) is 6.07 Å². The van der Waals surface area contributed by atoms with Crippen LogP contribution in [0, 0.1) is 11.3 Å². The van der Waals surface area contributed by atoms with E-state index in [1.54, 1.807) is 0 Å². The van der Waals surface area contributed by atoms with Gasteiger partial charge in [-0.05, 0) is 43.2 Å². The first-order valence-electron chi connectivity index (χ1n) is 7.11. The number of benzene rings is 1. The molecule has 0 spiro atoms. The van der Waals surface area contributed by atoms with Crippen LogP contribution in [-0.4, -0.2) is 19.4 Å². The third kappa shape index (κ3) is 3.98. The van der Waals surface area contributed by atoms with Crippen LogP contribution in [0.15, 0.2) is 24.3 Å². The summed E-state index contributed by atoms with van der Waals surface area (Å²) in [5.41, 5.74) is 1.65. The maximum absolute atomic E-state index is 12.0. The third-order valence-electron chi connectivity index (χ3n) is 3.95. The van der Waals surface area contributed by atoms with Crippen molar-refractivity contribution in [1.82, 2.24) is 0 Å². The molecule has 0 bridgehead atoms. The molecule has 0 aliphatic heterocycles. The van der Waals surface area contributed by atoms with Gasteiger partial charge in [0.25, 0.3) is 0 Å². The highest BCUT2D eigenvalue weighted by Crippen LogP contribution is 2.40. The molecule has 2 rings (SSSR count). The Morgan fingerprint density at radius 1 is 1.29 bits per heavy atom. The van der Waals surface area contributed by atoms with E-state index in [9.17, 15) is 18.4 Å². The quantitative estimate of drug-likeness (QED) is 0.765. The first-order chi connectivity index (χ1) is 9.97. The van der Waals surface area contributed by atoms with E-state index in [-0.39, 0.29) is 6.61 Å². The van der Waals surface area contributed by atoms with Gasteiger partial charge in [-0.3, -0.25) is 0 Å². The van der Waals surface area contributed by atoms with E-state index in [1.807, 2.05) is 24.3 Å². The van der Waals surface area contributed by atoms with Gasteiger partial charge >= 0.3 is 6.18 Å². The normalized spacial score (nSPS) is 21.6. The average molecular weight is 297 g/mol. The number of hydrogen-bond acceptors (Lipinski definition) is 2. The Bertz CT molecular complexity index is 521. The number of halogens is 3. The Labute approximate surface area is 122 Å². The van der Waals surface area contributed by atoms with Crippen LogP contribution in [0.5, 0.6) is 0 Å². The van der Waals surface area contributed by atoms with Gasteiger partial charge in [0, 0.05) is 6.61 Å². The van der Waals surface area contributed by atoms with Crippen molar-refractivity contribution in [2.45, 2.75) is 43.7 Å². The number of nitrogens with zero attached hydrogens (tertiary/aromatic N) is 1. The lowest BCUT2D eigenvalue weighted by Gasteiger charge is -2.33. The summed E-state index contributed by atoms with van der Waals surface area (Å²) in [6, 6.07) is 10.3. The maximum Gasteiger partial charge on any atom is 0.411 e. The van der Waals surface area contributed by atoms with Gasteiger partial charge in [0.15, 0.2) is 0 Å². The largest absolute Gasteiger partial charge is 0.411 e. The molecule has 0 N–H and O–H groups in total. The maximum atomic E-state index is 12.0. The molecule has 1 aromatic rings. The van der Waals surface area contributed by atoms with Gasteiger partial charge in [0.2, 0.25) is 0 Å². The van der Waals surface area contributed by atoms with Gasteiger partial charge in [0.05, 0.1) is 11.5 Å². The molecule has 0 saturated heterocycles. The van der Waals surface area contributed by atoms with Crippen LogP contribution in [0.2, 0.25) is 0 Å². The minimum Gasteiger partial charge on any atom is -0.372 e. The molecule has 0 radical (unpaired) electrons. The van der Waals surface area contributed by atoms with Crippen LogP contribution in [0.4, 0.5) is 13.2 Å². The lowest BCUT2D eigenvalue weighted by molar-refractivity contribution is -0.174. The SMILES string of the molecule is N#CC1(CCCOCC(F)(F)F)CCCc2ccccc21. The molecule has 1 aromatic carbocycles. The fourth-order valence-electron chi connectivity index (χ4n) is 3.02. The average Bonchev–Trinajstić information content (AvgIpc) is 2.46. The van der Waals surface area contributed by atoms with Gasteiger partial charge < -0.3 is 4.74 Å². The molecule has 0 amide bonds. The van der Waals surface area contributed by atoms with E-state index in [2.05, 4.69) is 10.8 Å². The van der Waals surface area contributed by atoms with Crippen LogP contribution in [0.25, 0.3) is 0 Å². The van der Waals surface area contributed by atoms with E-state index in [1.165, 1.54) is 5.56 Å². The Hall–Kier alpha value is -1.54. The summed E-state index contributed by atoms with van der Waals surface area (Å²) in [5.74, 6) is 0. The molecule has 0 saturated carbocycles. The minimum absolute atomic E-state index is 0.0328. The number of fused-ring (bicyclic) bond motifs is 1. The Balaban J connectivity index is 1.96. The molecular weight excluding hydrogens is 279 g/mol. The molecule has 1 aliphatic carbocycles. The summed E-state index contributed by atoms with van der Waals surface area (Å²) in [6.45, 7) is -1.19. The van der Waals surface area contributed by atoms with Crippen LogP contribution in [0.3, 0.4) is 0 Å². The molecule has 2 nitrogen and oxygen atoms in total. The number of rotatable bonds is 5. The number of hydrogen-bond donors (Lipinski definition) is 0. The van der Waals surface area contributed by atoms with Crippen LogP contribution in [0.1, 0.15) is 36.8 Å². The second kappa shape index (κ2) is 6.48. The van der Waals surface area contributed by atoms with E-state index in [4.69, 9.17) is 0 Å². The summed E-state index contributed by atoms with van der Waals surface area (Å²) in [6.07, 6.45) is -0.626. The number of nitriles is 1. The summed E-state index contributed by atoms with van der Waals surface area (Å²) in [5, 5.41) is 9.60.